The van der Waals surface area contributed by atoms with Crippen LogP contribution in [-0.2, 0) is 4.79 Å². The number of rotatable bonds is 4. The van der Waals surface area contributed by atoms with Crippen molar-refractivity contribution in [1.29, 1.82) is 5.26 Å². The number of carbonyl (C=O) groups excluding carboxylic acids is 1. The SMILES string of the molecule is CC(C)(C)NC(=O)/C(C#N)=C\NC(C)(C)CO. The van der Waals surface area contributed by atoms with Crippen LogP contribution < -0.4 is 10.6 Å². The van der Waals surface area contributed by atoms with Gasteiger partial charge in [-0.3, -0.25) is 4.79 Å². The van der Waals surface area contributed by atoms with E-state index in [4.69, 9.17) is 10.4 Å². The summed E-state index contributed by atoms with van der Waals surface area (Å²) in [4.78, 5) is 11.7. The fourth-order valence-electron chi connectivity index (χ4n) is 0.870. The van der Waals surface area contributed by atoms with Gasteiger partial charge in [0, 0.05) is 11.7 Å². The molecule has 0 saturated heterocycles. The van der Waals surface area contributed by atoms with Crippen LogP contribution >= 0.6 is 0 Å². The summed E-state index contributed by atoms with van der Waals surface area (Å²) in [7, 11) is 0. The highest BCUT2D eigenvalue weighted by molar-refractivity contribution is 5.97. The number of nitrogens with zero attached hydrogens (tertiary/aromatic N) is 1. The van der Waals surface area contributed by atoms with E-state index in [0.29, 0.717) is 0 Å². The van der Waals surface area contributed by atoms with Crippen LogP contribution in [0.4, 0.5) is 0 Å². The first-order valence-electron chi connectivity index (χ1n) is 5.42. The Hall–Kier alpha value is -1.54. The van der Waals surface area contributed by atoms with Gasteiger partial charge in [-0.1, -0.05) is 0 Å². The molecule has 17 heavy (non-hydrogen) atoms. The molecule has 96 valence electrons. The van der Waals surface area contributed by atoms with E-state index in [2.05, 4.69) is 10.6 Å². The average Bonchev–Trinajstić information content (AvgIpc) is 2.15. The van der Waals surface area contributed by atoms with Gasteiger partial charge in [-0.25, -0.2) is 0 Å². The van der Waals surface area contributed by atoms with Gasteiger partial charge in [0.05, 0.1) is 12.1 Å². The van der Waals surface area contributed by atoms with E-state index in [9.17, 15) is 4.79 Å². The zero-order chi connectivity index (χ0) is 13.7. The van der Waals surface area contributed by atoms with Crippen LogP contribution in [0.15, 0.2) is 11.8 Å². The number of hydrogen-bond donors (Lipinski definition) is 3. The Morgan fingerprint density at radius 3 is 2.24 bits per heavy atom. The minimum Gasteiger partial charge on any atom is -0.394 e. The Morgan fingerprint density at radius 2 is 1.88 bits per heavy atom. The molecule has 5 nitrogen and oxygen atoms in total. The zero-order valence-corrected chi connectivity index (χ0v) is 11.1. The molecular formula is C12H21N3O2. The summed E-state index contributed by atoms with van der Waals surface area (Å²) < 4.78 is 0. The molecule has 0 rings (SSSR count). The quantitative estimate of drug-likeness (QED) is 0.497. The molecule has 0 saturated carbocycles. The van der Waals surface area contributed by atoms with Gasteiger partial charge in [-0.15, -0.1) is 0 Å². The Morgan fingerprint density at radius 1 is 1.35 bits per heavy atom. The van der Waals surface area contributed by atoms with Gasteiger partial charge in [0.15, 0.2) is 0 Å². The molecule has 0 aromatic carbocycles. The molecule has 0 atom stereocenters. The van der Waals surface area contributed by atoms with Crippen molar-refractivity contribution in [3.8, 4) is 6.07 Å². The molecule has 0 aromatic heterocycles. The van der Waals surface area contributed by atoms with Gasteiger partial charge in [0.2, 0.25) is 0 Å². The van der Waals surface area contributed by atoms with Crippen LogP contribution in [0.5, 0.6) is 0 Å². The summed E-state index contributed by atoms with van der Waals surface area (Å²) >= 11 is 0. The maximum Gasteiger partial charge on any atom is 0.263 e. The molecule has 0 aromatic rings. The molecule has 0 aliphatic rings. The van der Waals surface area contributed by atoms with Crippen molar-refractivity contribution in [3.05, 3.63) is 11.8 Å². The lowest BCUT2D eigenvalue weighted by molar-refractivity contribution is -0.118. The van der Waals surface area contributed by atoms with Gasteiger partial charge < -0.3 is 15.7 Å². The molecule has 0 radical (unpaired) electrons. The van der Waals surface area contributed by atoms with E-state index in [1.165, 1.54) is 6.20 Å². The summed E-state index contributed by atoms with van der Waals surface area (Å²) in [6, 6.07) is 1.83. The van der Waals surface area contributed by atoms with E-state index in [0.717, 1.165) is 0 Å². The summed E-state index contributed by atoms with van der Waals surface area (Å²) in [5.74, 6) is -0.429. The zero-order valence-electron chi connectivity index (χ0n) is 11.1. The van der Waals surface area contributed by atoms with Crippen molar-refractivity contribution in [2.45, 2.75) is 45.7 Å². The Bertz CT molecular complexity index is 346. The van der Waals surface area contributed by atoms with E-state index >= 15 is 0 Å². The summed E-state index contributed by atoms with van der Waals surface area (Å²) in [6.45, 7) is 8.95. The first-order chi connectivity index (χ1) is 7.61. The first-order valence-corrected chi connectivity index (χ1v) is 5.42. The number of aliphatic hydroxyl groups excluding tert-OH is 1. The third-order valence-corrected chi connectivity index (χ3v) is 1.86. The molecule has 0 aliphatic carbocycles. The second-order valence-corrected chi connectivity index (χ2v) is 5.56. The fourth-order valence-corrected chi connectivity index (χ4v) is 0.870. The van der Waals surface area contributed by atoms with Crippen LogP contribution in [0.2, 0.25) is 0 Å². The van der Waals surface area contributed by atoms with Crippen LogP contribution in [-0.4, -0.2) is 28.7 Å². The molecule has 0 unspecified atom stereocenters. The highest BCUT2D eigenvalue weighted by Gasteiger charge is 2.19. The van der Waals surface area contributed by atoms with Crippen molar-refractivity contribution in [2.75, 3.05) is 6.61 Å². The first kappa shape index (κ1) is 15.5. The van der Waals surface area contributed by atoms with E-state index in [1.54, 1.807) is 13.8 Å². The predicted octanol–water partition coefficient (Wildman–Crippen LogP) is 0.669. The van der Waals surface area contributed by atoms with E-state index in [-0.39, 0.29) is 17.7 Å². The summed E-state index contributed by atoms with van der Waals surface area (Å²) in [5, 5.41) is 23.4. The number of hydrogen-bond acceptors (Lipinski definition) is 4. The number of nitriles is 1. The van der Waals surface area contributed by atoms with Gasteiger partial charge in [0.1, 0.15) is 11.6 Å². The molecule has 0 aliphatic heterocycles. The average molecular weight is 239 g/mol. The van der Waals surface area contributed by atoms with Crippen molar-refractivity contribution in [1.82, 2.24) is 10.6 Å². The number of nitrogens with one attached hydrogen (secondary N) is 2. The number of amides is 1. The third-order valence-electron chi connectivity index (χ3n) is 1.86. The van der Waals surface area contributed by atoms with E-state index < -0.39 is 11.4 Å². The summed E-state index contributed by atoms with van der Waals surface area (Å²) in [5.41, 5.74) is -0.967. The lowest BCUT2D eigenvalue weighted by Crippen LogP contribution is -2.43. The van der Waals surface area contributed by atoms with Gasteiger partial charge >= 0.3 is 0 Å². The van der Waals surface area contributed by atoms with Crippen molar-refractivity contribution >= 4 is 5.91 Å². The second-order valence-electron chi connectivity index (χ2n) is 5.56. The maximum atomic E-state index is 11.7. The Balaban J connectivity index is 4.70. The minimum atomic E-state index is -0.565. The van der Waals surface area contributed by atoms with Crippen molar-refractivity contribution in [2.24, 2.45) is 0 Å². The van der Waals surface area contributed by atoms with Gasteiger partial charge in [0.25, 0.3) is 5.91 Å². The highest BCUT2D eigenvalue weighted by Crippen LogP contribution is 2.04. The monoisotopic (exact) mass is 239 g/mol. The molecule has 0 heterocycles. The maximum absolute atomic E-state index is 11.7. The minimum absolute atomic E-state index is 0.0125. The van der Waals surface area contributed by atoms with Crippen LogP contribution in [0.1, 0.15) is 34.6 Å². The van der Waals surface area contributed by atoms with Crippen LogP contribution in [0, 0.1) is 11.3 Å². The molecule has 0 fully saturated rings. The third kappa shape index (κ3) is 6.59. The smallest absolute Gasteiger partial charge is 0.263 e. The second kappa shape index (κ2) is 5.69. The van der Waals surface area contributed by atoms with Crippen LogP contribution in [0.3, 0.4) is 0 Å². The standard InChI is InChI=1S/C12H21N3O2/c1-11(2,3)15-10(17)9(6-13)7-14-12(4,5)8-16/h7,14,16H,8H2,1-5H3,(H,15,17)/b9-7-. The summed E-state index contributed by atoms with van der Waals surface area (Å²) in [6.07, 6.45) is 1.33. The van der Waals surface area contributed by atoms with Crippen LogP contribution in [0.25, 0.3) is 0 Å². The number of carbonyl (C=O) groups is 1. The molecule has 0 spiro atoms. The van der Waals surface area contributed by atoms with Crippen molar-refractivity contribution < 1.29 is 9.90 Å². The molecule has 1 amide bonds. The lowest BCUT2D eigenvalue weighted by atomic mass is 10.1. The molecule has 3 N–H and O–H groups in total. The Labute approximate surface area is 103 Å². The number of aliphatic hydroxyl groups is 1. The predicted molar refractivity (Wildman–Crippen MR) is 65.9 cm³/mol. The fraction of sp³-hybridized carbons (Fsp3) is 0.667. The normalized spacial score (nSPS) is 12.9. The van der Waals surface area contributed by atoms with E-state index in [1.807, 2.05) is 26.8 Å². The van der Waals surface area contributed by atoms with Gasteiger partial charge in [-0.05, 0) is 34.6 Å². The highest BCUT2D eigenvalue weighted by atomic mass is 16.3. The lowest BCUT2D eigenvalue weighted by Gasteiger charge is -2.23. The largest absolute Gasteiger partial charge is 0.394 e. The molecule has 0 bridgehead atoms. The topological polar surface area (TPSA) is 85.2 Å². The van der Waals surface area contributed by atoms with Crippen molar-refractivity contribution in [3.63, 3.8) is 0 Å². The molecule has 5 heteroatoms. The molecular weight excluding hydrogens is 218 g/mol. The Kier molecular flexibility index (Phi) is 5.17. The van der Waals surface area contributed by atoms with Gasteiger partial charge in [-0.2, -0.15) is 5.26 Å².